The summed E-state index contributed by atoms with van der Waals surface area (Å²) in [7, 11) is 0. The average Bonchev–Trinajstić information content (AvgIpc) is 2.26. The van der Waals surface area contributed by atoms with Crippen molar-refractivity contribution in [2.24, 2.45) is 0 Å². The van der Waals surface area contributed by atoms with Crippen LogP contribution in [-0.4, -0.2) is 19.1 Å². The van der Waals surface area contributed by atoms with Gasteiger partial charge in [-0.15, -0.1) is 0 Å². The van der Waals surface area contributed by atoms with E-state index in [-0.39, 0.29) is 18.3 Å². The van der Waals surface area contributed by atoms with E-state index in [2.05, 4.69) is 0 Å². The zero-order chi connectivity index (χ0) is 12.9. The van der Waals surface area contributed by atoms with Crippen molar-refractivity contribution in [3.8, 4) is 5.75 Å². The van der Waals surface area contributed by atoms with Crippen LogP contribution in [-0.2, 0) is 10.9 Å². The van der Waals surface area contributed by atoms with E-state index in [0.717, 1.165) is 12.1 Å². The van der Waals surface area contributed by atoms with Gasteiger partial charge in [-0.1, -0.05) is 6.07 Å². The van der Waals surface area contributed by atoms with Gasteiger partial charge in [-0.2, -0.15) is 13.2 Å². The summed E-state index contributed by atoms with van der Waals surface area (Å²) < 4.78 is 46.9. The molecule has 0 aliphatic heterocycles. The van der Waals surface area contributed by atoms with E-state index in [1.807, 2.05) is 0 Å². The molecule has 0 aliphatic carbocycles. The van der Waals surface area contributed by atoms with Crippen molar-refractivity contribution < 1.29 is 22.6 Å². The Labute approximate surface area is 96.7 Å². The molecule has 17 heavy (non-hydrogen) atoms. The molecule has 1 aromatic rings. The van der Waals surface area contributed by atoms with Crippen LogP contribution in [0.1, 0.15) is 12.5 Å². The zero-order valence-electron chi connectivity index (χ0n) is 9.17. The van der Waals surface area contributed by atoms with E-state index >= 15 is 0 Å². The summed E-state index contributed by atoms with van der Waals surface area (Å²) in [5.74, 6) is -0.0609. The monoisotopic (exact) mass is 247 g/mol. The SMILES string of the molecule is CCOC(=N)COc1cccc(C(F)(F)F)c1. The quantitative estimate of drug-likeness (QED) is 0.656. The molecular weight excluding hydrogens is 235 g/mol. The Balaban J connectivity index is 2.64. The Morgan fingerprint density at radius 1 is 1.35 bits per heavy atom. The van der Waals surface area contributed by atoms with Crippen LogP contribution in [0.5, 0.6) is 5.75 Å². The van der Waals surface area contributed by atoms with Crippen molar-refractivity contribution in [1.82, 2.24) is 0 Å². The highest BCUT2D eigenvalue weighted by molar-refractivity contribution is 5.74. The topological polar surface area (TPSA) is 42.3 Å². The first-order valence-electron chi connectivity index (χ1n) is 4.93. The van der Waals surface area contributed by atoms with Crippen LogP contribution in [0, 0.1) is 5.41 Å². The third-order valence-corrected chi connectivity index (χ3v) is 1.85. The minimum absolute atomic E-state index is 0.0595. The van der Waals surface area contributed by atoms with Crippen molar-refractivity contribution in [2.45, 2.75) is 13.1 Å². The number of nitrogens with one attached hydrogen (secondary N) is 1. The molecule has 0 aliphatic rings. The van der Waals surface area contributed by atoms with Crippen LogP contribution in [0.25, 0.3) is 0 Å². The predicted octanol–water partition coefficient (Wildman–Crippen LogP) is 3.10. The second kappa shape index (κ2) is 5.56. The first-order chi connectivity index (χ1) is 7.93. The van der Waals surface area contributed by atoms with Gasteiger partial charge in [-0.05, 0) is 25.1 Å². The van der Waals surface area contributed by atoms with E-state index in [1.165, 1.54) is 12.1 Å². The maximum absolute atomic E-state index is 12.4. The van der Waals surface area contributed by atoms with Gasteiger partial charge in [0.1, 0.15) is 5.75 Å². The highest BCUT2D eigenvalue weighted by Crippen LogP contribution is 2.31. The maximum Gasteiger partial charge on any atom is 0.416 e. The normalized spacial score (nSPS) is 11.1. The van der Waals surface area contributed by atoms with Gasteiger partial charge in [0.15, 0.2) is 6.61 Å². The number of rotatable bonds is 4. The molecule has 0 bridgehead atoms. The summed E-state index contributed by atoms with van der Waals surface area (Å²) in [5, 5.41) is 7.24. The third kappa shape index (κ3) is 4.34. The first kappa shape index (κ1) is 13.3. The van der Waals surface area contributed by atoms with Crippen molar-refractivity contribution in [3.05, 3.63) is 29.8 Å². The molecule has 0 unspecified atom stereocenters. The Kier molecular flexibility index (Phi) is 4.37. The fourth-order valence-corrected chi connectivity index (χ4v) is 1.13. The lowest BCUT2D eigenvalue weighted by atomic mass is 10.2. The van der Waals surface area contributed by atoms with Gasteiger partial charge in [-0.3, -0.25) is 5.41 Å². The summed E-state index contributed by atoms with van der Waals surface area (Å²) in [4.78, 5) is 0. The lowest BCUT2D eigenvalue weighted by Gasteiger charge is -2.10. The van der Waals surface area contributed by atoms with Crippen molar-refractivity contribution in [3.63, 3.8) is 0 Å². The smallest absolute Gasteiger partial charge is 0.416 e. The number of alkyl halides is 3. The van der Waals surface area contributed by atoms with Gasteiger partial charge in [0.2, 0.25) is 5.90 Å². The fraction of sp³-hybridized carbons (Fsp3) is 0.364. The molecule has 6 heteroatoms. The van der Waals surface area contributed by atoms with Gasteiger partial charge in [-0.25, -0.2) is 0 Å². The molecule has 0 saturated heterocycles. The second-order valence-corrected chi connectivity index (χ2v) is 3.17. The van der Waals surface area contributed by atoms with Gasteiger partial charge < -0.3 is 9.47 Å². The molecule has 94 valence electrons. The van der Waals surface area contributed by atoms with Crippen molar-refractivity contribution >= 4 is 5.90 Å². The van der Waals surface area contributed by atoms with E-state index in [0.29, 0.717) is 6.61 Å². The zero-order valence-corrected chi connectivity index (χ0v) is 9.17. The summed E-state index contributed by atoms with van der Waals surface area (Å²) in [6.07, 6.45) is -4.40. The van der Waals surface area contributed by atoms with Gasteiger partial charge in [0, 0.05) is 0 Å². The van der Waals surface area contributed by atoms with Crippen LogP contribution < -0.4 is 4.74 Å². The van der Waals surface area contributed by atoms with E-state index < -0.39 is 11.7 Å². The number of ether oxygens (including phenoxy) is 2. The molecule has 0 atom stereocenters. The Hall–Kier alpha value is -1.72. The van der Waals surface area contributed by atoms with Gasteiger partial charge in [0.25, 0.3) is 0 Å². The lowest BCUT2D eigenvalue weighted by molar-refractivity contribution is -0.137. The lowest BCUT2D eigenvalue weighted by Crippen LogP contribution is -2.14. The summed E-state index contributed by atoms with van der Waals surface area (Å²) in [5.41, 5.74) is -0.780. The second-order valence-electron chi connectivity index (χ2n) is 3.17. The van der Waals surface area contributed by atoms with Crippen molar-refractivity contribution in [2.75, 3.05) is 13.2 Å². The fourth-order valence-electron chi connectivity index (χ4n) is 1.13. The van der Waals surface area contributed by atoms with Crippen LogP contribution in [0.2, 0.25) is 0 Å². The molecule has 0 fully saturated rings. The maximum atomic E-state index is 12.4. The standard InChI is InChI=1S/C11H12F3NO2/c1-2-16-10(15)7-17-9-5-3-4-8(6-9)11(12,13)14/h3-6,15H,2,7H2,1H3. The number of halogens is 3. The molecular formula is C11H12F3NO2. The summed E-state index contributed by atoms with van der Waals surface area (Å²) in [6.45, 7) is 1.85. The summed E-state index contributed by atoms with van der Waals surface area (Å²) in [6, 6.07) is 4.50. The van der Waals surface area contributed by atoms with Gasteiger partial charge in [0.05, 0.1) is 12.2 Å². The highest BCUT2D eigenvalue weighted by Gasteiger charge is 2.30. The largest absolute Gasteiger partial charge is 0.484 e. The van der Waals surface area contributed by atoms with E-state index in [4.69, 9.17) is 14.9 Å². The average molecular weight is 247 g/mol. The molecule has 0 saturated carbocycles. The van der Waals surface area contributed by atoms with Crippen LogP contribution >= 0.6 is 0 Å². The number of hydrogen-bond donors (Lipinski definition) is 1. The van der Waals surface area contributed by atoms with Crippen LogP contribution in [0.3, 0.4) is 0 Å². The minimum Gasteiger partial charge on any atom is -0.484 e. The Bertz CT molecular complexity index is 391. The molecule has 0 radical (unpaired) electrons. The molecule has 0 heterocycles. The van der Waals surface area contributed by atoms with Crippen molar-refractivity contribution in [1.29, 1.82) is 5.41 Å². The first-order valence-corrected chi connectivity index (χ1v) is 4.93. The molecule has 1 aromatic carbocycles. The van der Waals surface area contributed by atoms with Crippen LogP contribution in [0.4, 0.5) is 13.2 Å². The summed E-state index contributed by atoms with van der Waals surface area (Å²) >= 11 is 0. The minimum atomic E-state index is -4.40. The highest BCUT2D eigenvalue weighted by atomic mass is 19.4. The third-order valence-electron chi connectivity index (χ3n) is 1.85. The Morgan fingerprint density at radius 2 is 2.06 bits per heavy atom. The Morgan fingerprint density at radius 3 is 2.65 bits per heavy atom. The molecule has 1 rings (SSSR count). The molecule has 0 spiro atoms. The molecule has 1 N–H and O–H groups in total. The number of benzene rings is 1. The predicted molar refractivity (Wildman–Crippen MR) is 56.3 cm³/mol. The number of hydrogen-bond acceptors (Lipinski definition) is 3. The molecule has 0 amide bonds. The van der Waals surface area contributed by atoms with Crippen LogP contribution in [0.15, 0.2) is 24.3 Å². The molecule has 3 nitrogen and oxygen atoms in total. The molecule has 0 aromatic heterocycles. The van der Waals surface area contributed by atoms with Gasteiger partial charge >= 0.3 is 6.18 Å². The van der Waals surface area contributed by atoms with E-state index in [9.17, 15) is 13.2 Å². The van der Waals surface area contributed by atoms with E-state index in [1.54, 1.807) is 6.92 Å².